The van der Waals surface area contributed by atoms with Gasteiger partial charge in [0, 0.05) is 36.8 Å². The molecule has 7 nitrogen and oxygen atoms in total. The number of aliphatic hydroxyl groups is 1. The third-order valence-corrected chi connectivity index (χ3v) is 3.55. The van der Waals surface area contributed by atoms with E-state index < -0.39 is 0 Å². The van der Waals surface area contributed by atoms with Crippen molar-refractivity contribution >= 4 is 11.8 Å². The third-order valence-electron chi connectivity index (χ3n) is 3.55. The van der Waals surface area contributed by atoms with Crippen molar-refractivity contribution in [1.82, 2.24) is 19.9 Å². The summed E-state index contributed by atoms with van der Waals surface area (Å²) >= 11 is 0. The van der Waals surface area contributed by atoms with Crippen LogP contribution in [-0.4, -0.2) is 37.7 Å². The number of aromatic amines is 1. The fourth-order valence-electron chi connectivity index (χ4n) is 2.36. The molecule has 0 spiro atoms. The number of anilines is 2. The van der Waals surface area contributed by atoms with Gasteiger partial charge in [-0.3, -0.25) is 0 Å². The SMILES string of the molecule is Nc1nc(NCCc2cnc[nH]2)cc(C2CC(O)C2)n1. The molecule has 0 amide bonds. The average molecular weight is 274 g/mol. The van der Waals surface area contributed by atoms with Crippen molar-refractivity contribution in [3.05, 3.63) is 30.0 Å². The van der Waals surface area contributed by atoms with E-state index in [4.69, 9.17) is 5.73 Å². The van der Waals surface area contributed by atoms with Gasteiger partial charge in [0.2, 0.25) is 5.95 Å². The largest absolute Gasteiger partial charge is 0.393 e. The van der Waals surface area contributed by atoms with Crippen LogP contribution < -0.4 is 11.1 Å². The van der Waals surface area contributed by atoms with Gasteiger partial charge < -0.3 is 21.1 Å². The van der Waals surface area contributed by atoms with Crippen LogP contribution >= 0.6 is 0 Å². The van der Waals surface area contributed by atoms with E-state index >= 15 is 0 Å². The molecule has 106 valence electrons. The Morgan fingerprint density at radius 2 is 2.25 bits per heavy atom. The third kappa shape index (κ3) is 2.88. The van der Waals surface area contributed by atoms with Crippen molar-refractivity contribution in [3.8, 4) is 0 Å². The summed E-state index contributed by atoms with van der Waals surface area (Å²) in [6.45, 7) is 0.741. The number of rotatable bonds is 5. The van der Waals surface area contributed by atoms with Gasteiger partial charge in [0.25, 0.3) is 0 Å². The molecular weight excluding hydrogens is 256 g/mol. The predicted molar refractivity (Wildman–Crippen MR) is 75.2 cm³/mol. The molecule has 0 bridgehead atoms. The van der Waals surface area contributed by atoms with Crippen molar-refractivity contribution < 1.29 is 5.11 Å². The van der Waals surface area contributed by atoms with E-state index in [9.17, 15) is 5.11 Å². The number of aromatic nitrogens is 4. The van der Waals surface area contributed by atoms with Crippen LogP contribution in [0.5, 0.6) is 0 Å². The molecule has 20 heavy (non-hydrogen) atoms. The van der Waals surface area contributed by atoms with Crippen LogP contribution in [0.2, 0.25) is 0 Å². The number of nitrogen functional groups attached to an aromatic ring is 1. The standard InChI is InChI=1S/C13H18N6O/c14-13-18-11(8-3-10(20)4-8)5-12(19-13)16-2-1-9-6-15-7-17-9/h5-8,10,20H,1-4H2,(H,15,17)(H3,14,16,18,19). The van der Waals surface area contributed by atoms with Crippen LogP contribution in [0.1, 0.15) is 30.1 Å². The van der Waals surface area contributed by atoms with E-state index in [1.54, 1.807) is 12.5 Å². The number of nitrogens with zero attached hydrogens (tertiary/aromatic N) is 3. The second kappa shape index (κ2) is 5.46. The first-order valence-corrected chi connectivity index (χ1v) is 6.74. The lowest BCUT2D eigenvalue weighted by Gasteiger charge is -2.30. The Bertz CT molecular complexity index is 564. The molecule has 0 unspecified atom stereocenters. The first kappa shape index (κ1) is 12.9. The minimum Gasteiger partial charge on any atom is -0.393 e. The number of nitrogens with two attached hydrogens (primary N) is 1. The fourth-order valence-corrected chi connectivity index (χ4v) is 2.36. The van der Waals surface area contributed by atoms with E-state index in [2.05, 4.69) is 25.3 Å². The molecular formula is C13H18N6O. The van der Waals surface area contributed by atoms with Crippen LogP contribution in [0, 0.1) is 0 Å². The van der Waals surface area contributed by atoms with Crippen LogP contribution in [-0.2, 0) is 6.42 Å². The summed E-state index contributed by atoms with van der Waals surface area (Å²) in [5.74, 6) is 1.30. The molecule has 0 aromatic carbocycles. The Hall–Kier alpha value is -2.15. The maximum Gasteiger partial charge on any atom is 0.222 e. The molecule has 2 heterocycles. The van der Waals surface area contributed by atoms with Gasteiger partial charge in [0.05, 0.1) is 18.1 Å². The number of nitrogens with one attached hydrogen (secondary N) is 2. The van der Waals surface area contributed by atoms with Crippen LogP contribution in [0.4, 0.5) is 11.8 Å². The summed E-state index contributed by atoms with van der Waals surface area (Å²) in [5, 5.41) is 12.6. The van der Waals surface area contributed by atoms with E-state index in [1.807, 2.05) is 6.07 Å². The minimum atomic E-state index is -0.201. The monoisotopic (exact) mass is 274 g/mol. The van der Waals surface area contributed by atoms with Crippen molar-refractivity contribution in [3.63, 3.8) is 0 Å². The Morgan fingerprint density at radius 1 is 1.40 bits per heavy atom. The number of aliphatic hydroxyl groups excluding tert-OH is 1. The van der Waals surface area contributed by atoms with Gasteiger partial charge in [-0.25, -0.2) is 9.97 Å². The molecule has 1 aliphatic carbocycles. The molecule has 1 saturated carbocycles. The summed E-state index contributed by atoms with van der Waals surface area (Å²) in [7, 11) is 0. The molecule has 5 N–H and O–H groups in total. The van der Waals surface area contributed by atoms with Gasteiger partial charge in [0.15, 0.2) is 0 Å². The first-order valence-electron chi connectivity index (χ1n) is 6.74. The molecule has 0 radical (unpaired) electrons. The zero-order valence-electron chi connectivity index (χ0n) is 11.1. The quantitative estimate of drug-likeness (QED) is 0.637. The Kier molecular flexibility index (Phi) is 3.51. The van der Waals surface area contributed by atoms with Gasteiger partial charge >= 0.3 is 0 Å². The maximum absolute atomic E-state index is 9.37. The molecule has 2 aromatic rings. The van der Waals surface area contributed by atoms with Gasteiger partial charge in [-0.2, -0.15) is 4.98 Å². The van der Waals surface area contributed by atoms with Gasteiger partial charge in [-0.15, -0.1) is 0 Å². The second-order valence-corrected chi connectivity index (χ2v) is 5.11. The zero-order chi connectivity index (χ0) is 13.9. The van der Waals surface area contributed by atoms with E-state index in [0.717, 1.165) is 43.0 Å². The van der Waals surface area contributed by atoms with Gasteiger partial charge in [-0.05, 0) is 12.8 Å². The maximum atomic E-state index is 9.37. The van der Waals surface area contributed by atoms with E-state index in [0.29, 0.717) is 5.92 Å². The number of H-pyrrole nitrogens is 1. The summed E-state index contributed by atoms with van der Waals surface area (Å²) in [4.78, 5) is 15.5. The number of hydrogen-bond acceptors (Lipinski definition) is 6. The van der Waals surface area contributed by atoms with Crippen molar-refractivity contribution in [2.45, 2.75) is 31.3 Å². The lowest BCUT2D eigenvalue weighted by molar-refractivity contribution is 0.0732. The van der Waals surface area contributed by atoms with Crippen LogP contribution in [0.3, 0.4) is 0 Å². The summed E-state index contributed by atoms with van der Waals surface area (Å²) in [6.07, 6.45) is 5.61. The van der Waals surface area contributed by atoms with Gasteiger partial charge in [-0.1, -0.05) is 0 Å². The number of imidazole rings is 1. The minimum absolute atomic E-state index is 0.201. The summed E-state index contributed by atoms with van der Waals surface area (Å²) < 4.78 is 0. The van der Waals surface area contributed by atoms with Crippen LogP contribution in [0.25, 0.3) is 0 Å². The van der Waals surface area contributed by atoms with Crippen molar-refractivity contribution in [2.75, 3.05) is 17.6 Å². The molecule has 0 atom stereocenters. The fraction of sp³-hybridized carbons (Fsp3) is 0.462. The Balaban J connectivity index is 1.61. The average Bonchev–Trinajstić information content (AvgIpc) is 2.87. The molecule has 0 aliphatic heterocycles. The van der Waals surface area contributed by atoms with Crippen molar-refractivity contribution in [1.29, 1.82) is 0 Å². The zero-order valence-corrected chi connectivity index (χ0v) is 11.1. The highest BCUT2D eigenvalue weighted by atomic mass is 16.3. The lowest BCUT2D eigenvalue weighted by Crippen LogP contribution is -2.27. The topological polar surface area (TPSA) is 113 Å². The molecule has 7 heteroatoms. The van der Waals surface area contributed by atoms with E-state index in [-0.39, 0.29) is 12.1 Å². The summed E-state index contributed by atoms with van der Waals surface area (Å²) in [6, 6.07) is 1.92. The highest BCUT2D eigenvalue weighted by molar-refractivity contribution is 5.42. The summed E-state index contributed by atoms with van der Waals surface area (Å²) in [5.41, 5.74) is 7.72. The smallest absolute Gasteiger partial charge is 0.222 e. The molecule has 0 saturated heterocycles. The second-order valence-electron chi connectivity index (χ2n) is 5.11. The normalized spacial score (nSPS) is 21.4. The number of hydrogen-bond donors (Lipinski definition) is 4. The first-order chi connectivity index (χ1) is 9.70. The molecule has 1 aliphatic rings. The lowest BCUT2D eigenvalue weighted by atomic mass is 9.80. The molecule has 2 aromatic heterocycles. The van der Waals surface area contributed by atoms with Crippen molar-refractivity contribution in [2.24, 2.45) is 0 Å². The van der Waals surface area contributed by atoms with Crippen LogP contribution in [0.15, 0.2) is 18.6 Å². The van der Waals surface area contributed by atoms with Gasteiger partial charge in [0.1, 0.15) is 5.82 Å². The van der Waals surface area contributed by atoms with E-state index in [1.165, 1.54) is 0 Å². The highest BCUT2D eigenvalue weighted by Gasteiger charge is 2.30. The predicted octanol–water partition coefficient (Wildman–Crippen LogP) is 0.675. The highest BCUT2D eigenvalue weighted by Crippen LogP contribution is 2.36. The Labute approximate surface area is 116 Å². The molecule has 3 rings (SSSR count). The Morgan fingerprint density at radius 3 is 2.95 bits per heavy atom. The molecule has 1 fully saturated rings.